The summed E-state index contributed by atoms with van der Waals surface area (Å²) < 4.78 is 5.19. The smallest absolute Gasteiger partial charge is 0.415 e. The molecule has 0 saturated carbocycles. The highest BCUT2D eigenvalue weighted by Gasteiger charge is 2.37. The molecule has 132 valence electrons. The topological polar surface area (TPSA) is 67.3 Å². The first kappa shape index (κ1) is 17.5. The standard InChI is InChI=1S/C18H21ClN4O2/c1-11(2)15-10-25-18(24)23(15)16-8-9-20-17(22-16)21-12(3)13-4-6-14(19)7-5-13/h4-9,11-12,15H,10H2,1-3H3,(H,20,21,22)/t12-,15+/m0/s1. The maximum Gasteiger partial charge on any atom is 0.415 e. The van der Waals surface area contributed by atoms with Gasteiger partial charge in [-0.2, -0.15) is 4.98 Å². The zero-order valence-corrected chi connectivity index (χ0v) is 15.2. The van der Waals surface area contributed by atoms with Crippen molar-refractivity contribution in [1.29, 1.82) is 0 Å². The fourth-order valence-corrected chi connectivity index (χ4v) is 2.90. The van der Waals surface area contributed by atoms with Crippen molar-refractivity contribution in [3.05, 3.63) is 47.1 Å². The van der Waals surface area contributed by atoms with Gasteiger partial charge in [-0.05, 0) is 36.6 Å². The van der Waals surface area contributed by atoms with Crippen LogP contribution in [-0.2, 0) is 4.74 Å². The SMILES string of the molecule is CC(C)[C@H]1COC(=O)N1c1ccnc(N[C@@H](C)c2ccc(Cl)cc2)n1. The lowest BCUT2D eigenvalue weighted by Gasteiger charge is -2.23. The normalized spacial score (nSPS) is 18.4. The number of ether oxygens (including phenoxy) is 1. The molecule has 6 nitrogen and oxygen atoms in total. The Hall–Kier alpha value is -2.34. The van der Waals surface area contributed by atoms with E-state index in [-0.39, 0.29) is 24.1 Å². The molecule has 1 N–H and O–H groups in total. The van der Waals surface area contributed by atoms with E-state index in [1.54, 1.807) is 17.2 Å². The molecule has 0 radical (unpaired) electrons. The number of carbonyl (C=O) groups excluding carboxylic acids is 1. The molecule has 0 spiro atoms. The molecule has 1 aromatic carbocycles. The Morgan fingerprint density at radius 1 is 1.24 bits per heavy atom. The van der Waals surface area contributed by atoms with Crippen molar-refractivity contribution < 1.29 is 9.53 Å². The van der Waals surface area contributed by atoms with E-state index in [0.29, 0.717) is 23.4 Å². The largest absolute Gasteiger partial charge is 0.447 e. The lowest BCUT2D eigenvalue weighted by atomic mass is 10.0. The summed E-state index contributed by atoms with van der Waals surface area (Å²) >= 11 is 5.93. The van der Waals surface area contributed by atoms with E-state index in [4.69, 9.17) is 16.3 Å². The first-order valence-electron chi connectivity index (χ1n) is 8.26. The van der Waals surface area contributed by atoms with Crippen LogP contribution in [0.15, 0.2) is 36.5 Å². The molecule has 1 saturated heterocycles. The molecule has 3 rings (SSSR count). The molecule has 1 aromatic heterocycles. The monoisotopic (exact) mass is 360 g/mol. The molecule has 2 atom stereocenters. The van der Waals surface area contributed by atoms with E-state index < -0.39 is 0 Å². The molecular weight excluding hydrogens is 340 g/mol. The highest BCUT2D eigenvalue weighted by molar-refractivity contribution is 6.30. The summed E-state index contributed by atoms with van der Waals surface area (Å²) in [6, 6.07) is 9.30. The predicted octanol–water partition coefficient (Wildman–Crippen LogP) is 4.28. The van der Waals surface area contributed by atoms with Crippen LogP contribution in [0.5, 0.6) is 0 Å². The van der Waals surface area contributed by atoms with Crippen LogP contribution in [0.3, 0.4) is 0 Å². The second-order valence-electron chi connectivity index (χ2n) is 6.41. The summed E-state index contributed by atoms with van der Waals surface area (Å²) in [6.45, 7) is 6.51. The van der Waals surface area contributed by atoms with Crippen LogP contribution in [0.25, 0.3) is 0 Å². The first-order chi connectivity index (χ1) is 12.0. The fourth-order valence-electron chi connectivity index (χ4n) is 2.77. The number of benzene rings is 1. The molecular formula is C18H21ClN4O2. The number of hydrogen-bond donors (Lipinski definition) is 1. The third kappa shape index (κ3) is 3.85. The average molecular weight is 361 g/mol. The molecule has 1 aliphatic rings. The van der Waals surface area contributed by atoms with Gasteiger partial charge in [-0.15, -0.1) is 0 Å². The predicted molar refractivity (Wildman–Crippen MR) is 98.0 cm³/mol. The van der Waals surface area contributed by atoms with Gasteiger partial charge >= 0.3 is 6.09 Å². The van der Waals surface area contributed by atoms with Crippen molar-refractivity contribution in [3.63, 3.8) is 0 Å². The second kappa shape index (κ2) is 7.27. The quantitative estimate of drug-likeness (QED) is 0.861. The number of nitrogens with zero attached hydrogens (tertiary/aromatic N) is 3. The zero-order chi connectivity index (χ0) is 18.0. The Bertz CT molecular complexity index is 751. The van der Waals surface area contributed by atoms with Crippen LogP contribution < -0.4 is 10.2 Å². The van der Waals surface area contributed by atoms with Crippen LogP contribution in [0.1, 0.15) is 32.4 Å². The Kier molecular flexibility index (Phi) is 5.08. The van der Waals surface area contributed by atoms with Gasteiger partial charge in [-0.25, -0.2) is 9.78 Å². The third-order valence-electron chi connectivity index (χ3n) is 4.28. The molecule has 1 amide bonds. The molecule has 0 bridgehead atoms. The maximum absolute atomic E-state index is 12.1. The molecule has 2 heterocycles. The number of rotatable bonds is 5. The molecule has 25 heavy (non-hydrogen) atoms. The van der Waals surface area contributed by atoms with Crippen LogP contribution in [-0.4, -0.2) is 28.7 Å². The number of nitrogens with one attached hydrogen (secondary N) is 1. The Morgan fingerprint density at radius 3 is 2.64 bits per heavy atom. The minimum atomic E-state index is -0.367. The van der Waals surface area contributed by atoms with E-state index in [0.717, 1.165) is 5.56 Å². The van der Waals surface area contributed by atoms with Crippen molar-refractivity contribution in [2.75, 3.05) is 16.8 Å². The van der Waals surface area contributed by atoms with Crippen molar-refractivity contribution in [3.8, 4) is 0 Å². The van der Waals surface area contributed by atoms with Crippen molar-refractivity contribution in [1.82, 2.24) is 9.97 Å². The van der Waals surface area contributed by atoms with Crippen molar-refractivity contribution in [2.45, 2.75) is 32.9 Å². The van der Waals surface area contributed by atoms with Crippen LogP contribution >= 0.6 is 11.6 Å². The van der Waals surface area contributed by atoms with Gasteiger partial charge < -0.3 is 10.1 Å². The van der Waals surface area contributed by atoms with E-state index in [9.17, 15) is 4.79 Å². The highest BCUT2D eigenvalue weighted by Crippen LogP contribution is 2.26. The van der Waals surface area contributed by atoms with Crippen molar-refractivity contribution in [2.24, 2.45) is 5.92 Å². The van der Waals surface area contributed by atoms with Gasteiger partial charge in [0.05, 0.1) is 12.1 Å². The number of aromatic nitrogens is 2. The molecule has 0 aliphatic carbocycles. The summed E-state index contributed by atoms with van der Waals surface area (Å²) in [4.78, 5) is 22.4. The number of hydrogen-bond acceptors (Lipinski definition) is 5. The van der Waals surface area contributed by atoms with E-state index >= 15 is 0 Å². The molecule has 1 fully saturated rings. The number of carbonyl (C=O) groups is 1. The second-order valence-corrected chi connectivity index (χ2v) is 6.85. The van der Waals surface area contributed by atoms with Crippen molar-refractivity contribution >= 4 is 29.5 Å². The highest BCUT2D eigenvalue weighted by atomic mass is 35.5. The fraction of sp³-hybridized carbons (Fsp3) is 0.389. The van der Waals surface area contributed by atoms with Crippen LogP contribution in [0.2, 0.25) is 5.02 Å². The number of halogens is 1. The zero-order valence-electron chi connectivity index (χ0n) is 14.4. The van der Waals surface area contributed by atoms with E-state index in [2.05, 4.69) is 29.1 Å². The third-order valence-corrected chi connectivity index (χ3v) is 4.53. The van der Waals surface area contributed by atoms with E-state index in [1.165, 1.54) is 0 Å². The molecule has 2 aromatic rings. The maximum atomic E-state index is 12.1. The molecule has 7 heteroatoms. The summed E-state index contributed by atoms with van der Waals surface area (Å²) in [7, 11) is 0. The van der Waals surface area contributed by atoms with Gasteiger partial charge in [-0.1, -0.05) is 37.6 Å². The number of amides is 1. The summed E-state index contributed by atoms with van der Waals surface area (Å²) in [5, 5.41) is 3.95. The summed E-state index contributed by atoms with van der Waals surface area (Å²) in [5.74, 6) is 1.27. The Labute approximate surface area is 152 Å². The minimum Gasteiger partial charge on any atom is -0.447 e. The van der Waals surface area contributed by atoms with Gasteiger partial charge in [0, 0.05) is 11.2 Å². The van der Waals surface area contributed by atoms with Gasteiger partial charge in [0.1, 0.15) is 12.4 Å². The average Bonchev–Trinajstić information content (AvgIpc) is 2.97. The lowest BCUT2D eigenvalue weighted by molar-refractivity contribution is 0.177. The van der Waals surface area contributed by atoms with Crippen LogP contribution in [0, 0.1) is 5.92 Å². The number of anilines is 2. The van der Waals surface area contributed by atoms with Crippen LogP contribution in [0.4, 0.5) is 16.6 Å². The lowest BCUT2D eigenvalue weighted by Crippen LogP contribution is -2.37. The Morgan fingerprint density at radius 2 is 1.96 bits per heavy atom. The molecule has 1 aliphatic heterocycles. The number of cyclic esters (lactones) is 1. The molecule has 0 unspecified atom stereocenters. The van der Waals surface area contributed by atoms with Gasteiger partial charge in [0.2, 0.25) is 5.95 Å². The van der Waals surface area contributed by atoms with Gasteiger partial charge in [0.25, 0.3) is 0 Å². The first-order valence-corrected chi connectivity index (χ1v) is 8.64. The Balaban J connectivity index is 1.79. The minimum absolute atomic E-state index is 0.000980. The summed E-state index contributed by atoms with van der Waals surface area (Å²) in [5.41, 5.74) is 1.07. The van der Waals surface area contributed by atoms with Gasteiger partial charge in [-0.3, -0.25) is 4.90 Å². The van der Waals surface area contributed by atoms with Gasteiger partial charge in [0.15, 0.2) is 0 Å². The summed E-state index contributed by atoms with van der Waals surface area (Å²) in [6.07, 6.45) is 1.27. The van der Waals surface area contributed by atoms with E-state index in [1.807, 2.05) is 31.2 Å².